The molecule has 0 aromatic heterocycles. The van der Waals surface area contributed by atoms with Crippen molar-refractivity contribution in [1.29, 1.82) is 0 Å². The van der Waals surface area contributed by atoms with Gasteiger partial charge in [-0.25, -0.2) is 8.78 Å². The molecule has 4 heteroatoms. The zero-order valence-electron chi connectivity index (χ0n) is 10.9. The smallest absolute Gasteiger partial charge is 0.126 e. The van der Waals surface area contributed by atoms with Gasteiger partial charge in [-0.15, -0.1) is 0 Å². The van der Waals surface area contributed by atoms with E-state index in [1.165, 1.54) is 12.1 Å². The second-order valence-electron chi connectivity index (χ2n) is 5.29. The average Bonchev–Trinajstić information content (AvgIpc) is 2.26. The molecule has 0 bridgehead atoms. The van der Waals surface area contributed by atoms with E-state index in [1.807, 2.05) is 0 Å². The van der Waals surface area contributed by atoms with E-state index in [4.69, 9.17) is 0 Å². The largest absolute Gasteiger partial charge is 0.310 e. The number of rotatable bonds is 3. The Kier molecular flexibility index (Phi) is 4.30. The fourth-order valence-corrected chi connectivity index (χ4v) is 2.62. The molecule has 1 aliphatic rings. The molecule has 2 unspecified atom stereocenters. The van der Waals surface area contributed by atoms with Crippen LogP contribution in [-0.2, 0) is 6.54 Å². The highest BCUT2D eigenvalue weighted by Crippen LogP contribution is 2.16. The van der Waals surface area contributed by atoms with Crippen molar-refractivity contribution in [2.75, 3.05) is 20.1 Å². The minimum atomic E-state index is -0.511. The number of likely N-dealkylation sites (tertiary alicyclic amines) is 1. The van der Waals surface area contributed by atoms with Crippen LogP contribution in [0, 0.1) is 17.6 Å². The van der Waals surface area contributed by atoms with E-state index in [9.17, 15) is 8.78 Å². The van der Waals surface area contributed by atoms with Crippen molar-refractivity contribution in [3.05, 3.63) is 35.4 Å². The monoisotopic (exact) mass is 254 g/mol. The first-order valence-electron chi connectivity index (χ1n) is 6.41. The quantitative estimate of drug-likeness (QED) is 0.891. The first-order valence-corrected chi connectivity index (χ1v) is 6.41. The molecular weight excluding hydrogens is 234 g/mol. The van der Waals surface area contributed by atoms with Gasteiger partial charge in [-0.3, -0.25) is 0 Å². The Hall–Kier alpha value is -1.00. The van der Waals surface area contributed by atoms with E-state index in [1.54, 1.807) is 0 Å². The number of hydrogen-bond acceptors (Lipinski definition) is 2. The summed E-state index contributed by atoms with van der Waals surface area (Å²) >= 11 is 0. The van der Waals surface area contributed by atoms with Gasteiger partial charge in [0.25, 0.3) is 0 Å². The van der Waals surface area contributed by atoms with Crippen molar-refractivity contribution in [1.82, 2.24) is 10.2 Å². The van der Waals surface area contributed by atoms with E-state index in [0.717, 1.165) is 25.6 Å². The fraction of sp³-hybridized carbons (Fsp3) is 0.571. The molecule has 18 heavy (non-hydrogen) atoms. The molecule has 0 radical (unpaired) electrons. The maximum atomic E-state index is 13.0. The molecule has 1 fully saturated rings. The Morgan fingerprint density at radius 3 is 2.56 bits per heavy atom. The molecule has 2 nitrogen and oxygen atoms in total. The van der Waals surface area contributed by atoms with E-state index < -0.39 is 11.6 Å². The van der Waals surface area contributed by atoms with Gasteiger partial charge in [-0.1, -0.05) is 6.92 Å². The minimum absolute atomic E-state index is 0.424. The number of nitrogens with zero attached hydrogens (tertiary/aromatic N) is 1. The Balaban J connectivity index is 1.91. The number of nitrogens with one attached hydrogen (secondary N) is 1. The van der Waals surface area contributed by atoms with Gasteiger partial charge in [0.2, 0.25) is 0 Å². The van der Waals surface area contributed by atoms with E-state index in [2.05, 4.69) is 24.2 Å². The summed E-state index contributed by atoms with van der Waals surface area (Å²) in [7, 11) is 2.12. The van der Waals surface area contributed by atoms with Crippen molar-refractivity contribution >= 4 is 0 Å². The lowest BCUT2D eigenvalue weighted by molar-refractivity contribution is 0.174. The molecule has 1 aromatic carbocycles. The van der Waals surface area contributed by atoms with Crippen LogP contribution in [-0.4, -0.2) is 31.1 Å². The number of hydrogen-bond donors (Lipinski definition) is 1. The number of benzene rings is 1. The predicted octanol–water partition coefficient (Wildman–Crippen LogP) is 2.39. The summed E-state index contributed by atoms with van der Waals surface area (Å²) in [6.45, 7) is 4.86. The van der Waals surface area contributed by atoms with Gasteiger partial charge < -0.3 is 10.2 Å². The Labute approximate surface area is 107 Å². The lowest BCUT2D eigenvalue weighted by Gasteiger charge is -2.35. The number of halogens is 2. The van der Waals surface area contributed by atoms with Crippen LogP contribution in [0.3, 0.4) is 0 Å². The summed E-state index contributed by atoms with van der Waals surface area (Å²) in [5.41, 5.74) is 0.665. The van der Waals surface area contributed by atoms with Crippen LogP contribution < -0.4 is 5.32 Å². The topological polar surface area (TPSA) is 15.3 Å². The summed E-state index contributed by atoms with van der Waals surface area (Å²) in [4.78, 5) is 2.31. The first-order chi connectivity index (χ1) is 8.54. The lowest BCUT2D eigenvalue weighted by Crippen LogP contribution is -2.46. The van der Waals surface area contributed by atoms with Gasteiger partial charge in [-0.2, -0.15) is 0 Å². The Morgan fingerprint density at radius 1 is 1.28 bits per heavy atom. The molecule has 1 aliphatic heterocycles. The van der Waals surface area contributed by atoms with Crippen LogP contribution in [0.15, 0.2) is 18.2 Å². The van der Waals surface area contributed by atoms with Gasteiger partial charge in [0.15, 0.2) is 0 Å². The third kappa shape index (κ3) is 3.50. The third-order valence-corrected chi connectivity index (χ3v) is 3.60. The lowest BCUT2D eigenvalue weighted by atomic mass is 9.94. The van der Waals surface area contributed by atoms with Gasteiger partial charge in [0, 0.05) is 25.2 Å². The molecule has 1 heterocycles. The summed E-state index contributed by atoms with van der Waals surface area (Å²) < 4.78 is 26.1. The zero-order chi connectivity index (χ0) is 13.1. The van der Waals surface area contributed by atoms with Gasteiger partial charge >= 0.3 is 0 Å². The molecule has 1 N–H and O–H groups in total. The standard InChI is InChI=1S/C14H20F2N2/c1-10-9-18(2)4-3-14(10)17-8-11-5-12(15)7-13(16)6-11/h5-7,10,14,17H,3-4,8-9H2,1-2H3. The van der Waals surface area contributed by atoms with Gasteiger partial charge in [-0.05, 0) is 43.6 Å². The third-order valence-electron chi connectivity index (χ3n) is 3.60. The number of piperidine rings is 1. The van der Waals surface area contributed by atoms with Gasteiger partial charge in [0.05, 0.1) is 0 Å². The Bertz CT molecular complexity index is 389. The second-order valence-corrected chi connectivity index (χ2v) is 5.29. The van der Waals surface area contributed by atoms with E-state index in [-0.39, 0.29) is 0 Å². The maximum Gasteiger partial charge on any atom is 0.126 e. The van der Waals surface area contributed by atoms with Crippen LogP contribution >= 0.6 is 0 Å². The molecule has 1 saturated heterocycles. The van der Waals surface area contributed by atoms with Crippen molar-refractivity contribution in [2.45, 2.75) is 25.9 Å². The molecule has 0 amide bonds. The summed E-state index contributed by atoms with van der Waals surface area (Å²) in [5.74, 6) is -0.464. The predicted molar refractivity (Wildman–Crippen MR) is 68.3 cm³/mol. The molecule has 1 aromatic rings. The van der Waals surface area contributed by atoms with Crippen LogP contribution in [0.1, 0.15) is 18.9 Å². The summed E-state index contributed by atoms with van der Waals surface area (Å²) in [6, 6.07) is 4.10. The van der Waals surface area contributed by atoms with Crippen LogP contribution in [0.4, 0.5) is 8.78 Å². The SMILES string of the molecule is CC1CN(C)CCC1NCc1cc(F)cc(F)c1. The summed E-state index contributed by atoms with van der Waals surface area (Å²) in [6.07, 6.45) is 1.08. The van der Waals surface area contributed by atoms with Crippen LogP contribution in [0.5, 0.6) is 0 Å². The minimum Gasteiger partial charge on any atom is -0.310 e. The molecule has 2 rings (SSSR count). The van der Waals surface area contributed by atoms with E-state index in [0.29, 0.717) is 24.1 Å². The highest BCUT2D eigenvalue weighted by atomic mass is 19.1. The van der Waals surface area contributed by atoms with Crippen molar-refractivity contribution in [3.8, 4) is 0 Å². The normalized spacial score (nSPS) is 25.3. The van der Waals surface area contributed by atoms with Crippen molar-refractivity contribution in [2.24, 2.45) is 5.92 Å². The van der Waals surface area contributed by atoms with E-state index >= 15 is 0 Å². The molecule has 2 atom stereocenters. The maximum absolute atomic E-state index is 13.0. The highest BCUT2D eigenvalue weighted by molar-refractivity contribution is 5.17. The average molecular weight is 254 g/mol. The summed E-state index contributed by atoms with van der Waals surface area (Å²) in [5, 5.41) is 3.40. The van der Waals surface area contributed by atoms with Crippen LogP contribution in [0.25, 0.3) is 0 Å². The van der Waals surface area contributed by atoms with Crippen LogP contribution in [0.2, 0.25) is 0 Å². The first kappa shape index (κ1) is 13.4. The molecular formula is C14H20F2N2. The Morgan fingerprint density at radius 2 is 1.94 bits per heavy atom. The molecule has 0 spiro atoms. The fourth-order valence-electron chi connectivity index (χ4n) is 2.62. The van der Waals surface area contributed by atoms with Crippen molar-refractivity contribution < 1.29 is 8.78 Å². The van der Waals surface area contributed by atoms with Gasteiger partial charge in [0.1, 0.15) is 11.6 Å². The second kappa shape index (κ2) is 5.76. The zero-order valence-corrected chi connectivity index (χ0v) is 10.9. The molecule has 0 aliphatic carbocycles. The molecule has 0 saturated carbocycles. The molecule has 100 valence electrons. The van der Waals surface area contributed by atoms with Crippen molar-refractivity contribution in [3.63, 3.8) is 0 Å². The highest BCUT2D eigenvalue weighted by Gasteiger charge is 2.23.